The molecule has 1 unspecified atom stereocenters. The van der Waals surface area contributed by atoms with Crippen molar-refractivity contribution >= 4 is 17.7 Å². The summed E-state index contributed by atoms with van der Waals surface area (Å²) in [6.45, 7) is 0.990. The van der Waals surface area contributed by atoms with Gasteiger partial charge in [-0.2, -0.15) is 0 Å². The molecule has 0 aliphatic carbocycles. The summed E-state index contributed by atoms with van der Waals surface area (Å²) >= 11 is 0. The molecule has 1 fully saturated rings. The van der Waals surface area contributed by atoms with Crippen LogP contribution in [0.5, 0.6) is 0 Å². The maximum absolute atomic E-state index is 13.2. The van der Waals surface area contributed by atoms with Crippen molar-refractivity contribution in [1.82, 2.24) is 4.90 Å². The van der Waals surface area contributed by atoms with E-state index in [9.17, 15) is 14.0 Å². The molecule has 21 heavy (non-hydrogen) atoms. The van der Waals surface area contributed by atoms with Crippen molar-refractivity contribution in [1.29, 1.82) is 0 Å². The van der Waals surface area contributed by atoms with E-state index in [-0.39, 0.29) is 17.4 Å². The first kappa shape index (κ1) is 15.2. The van der Waals surface area contributed by atoms with Gasteiger partial charge in [0, 0.05) is 20.2 Å². The van der Waals surface area contributed by atoms with Gasteiger partial charge >= 0.3 is 12.0 Å². The van der Waals surface area contributed by atoms with E-state index < -0.39 is 17.8 Å². The first-order valence-corrected chi connectivity index (χ1v) is 6.63. The Hall–Kier alpha value is -2.15. The lowest BCUT2D eigenvalue weighted by Crippen LogP contribution is -2.45. The SMILES string of the molecule is COC1CCCN(C(=O)Nc2cc(F)ccc2C(=O)O)C1. The third-order valence-electron chi connectivity index (χ3n) is 3.45. The van der Waals surface area contributed by atoms with Crippen molar-refractivity contribution in [2.45, 2.75) is 18.9 Å². The third kappa shape index (κ3) is 3.69. The molecule has 0 aromatic heterocycles. The van der Waals surface area contributed by atoms with Gasteiger partial charge in [0.2, 0.25) is 0 Å². The van der Waals surface area contributed by atoms with E-state index in [1.54, 1.807) is 7.11 Å². The van der Waals surface area contributed by atoms with E-state index in [2.05, 4.69) is 5.32 Å². The van der Waals surface area contributed by atoms with E-state index in [1.165, 1.54) is 4.90 Å². The number of carbonyl (C=O) groups is 2. The van der Waals surface area contributed by atoms with Crippen LogP contribution in [0.15, 0.2) is 18.2 Å². The van der Waals surface area contributed by atoms with E-state index in [0.717, 1.165) is 31.0 Å². The highest BCUT2D eigenvalue weighted by Gasteiger charge is 2.24. The van der Waals surface area contributed by atoms with E-state index >= 15 is 0 Å². The number of hydrogen-bond acceptors (Lipinski definition) is 3. The highest BCUT2D eigenvalue weighted by atomic mass is 19.1. The molecule has 0 saturated carbocycles. The normalized spacial score (nSPS) is 18.4. The zero-order valence-electron chi connectivity index (χ0n) is 11.6. The van der Waals surface area contributed by atoms with E-state index in [0.29, 0.717) is 13.1 Å². The Balaban J connectivity index is 2.12. The van der Waals surface area contributed by atoms with Gasteiger partial charge in [-0.05, 0) is 31.0 Å². The Morgan fingerprint density at radius 3 is 2.90 bits per heavy atom. The van der Waals surface area contributed by atoms with Gasteiger partial charge < -0.3 is 20.1 Å². The topological polar surface area (TPSA) is 78.9 Å². The molecular formula is C14H17FN2O4. The summed E-state index contributed by atoms with van der Waals surface area (Å²) in [7, 11) is 1.58. The molecule has 1 heterocycles. The molecule has 0 spiro atoms. The van der Waals surface area contributed by atoms with Crippen molar-refractivity contribution in [3.05, 3.63) is 29.6 Å². The van der Waals surface area contributed by atoms with Gasteiger partial charge in [0.05, 0.1) is 17.4 Å². The average Bonchev–Trinajstić information content (AvgIpc) is 2.47. The molecule has 2 rings (SSSR count). The number of aromatic carboxylic acids is 1. The van der Waals surface area contributed by atoms with E-state index in [4.69, 9.17) is 9.84 Å². The molecule has 6 nitrogen and oxygen atoms in total. The number of anilines is 1. The van der Waals surface area contributed by atoms with Crippen LogP contribution in [0, 0.1) is 5.82 Å². The predicted octanol–water partition coefficient (Wildman–Crippen LogP) is 2.17. The van der Waals surface area contributed by atoms with Crippen LogP contribution in [-0.4, -0.2) is 48.3 Å². The first-order valence-electron chi connectivity index (χ1n) is 6.63. The zero-order chi connectivity index (χ0) is 15.4. The Labute approximate surface area is 121 Å². The lowest BCUT2D eigenvalue weighted by molar-refractivity contribution is 0.0458. The quantitative estimate of drug-likeness (QED) is 0.896. The number of carboxylic acid groups (broad SMARTS) is 1. The molecule has 0 radical (unpaired) electrons. The van der Waals surface area contributed by atoms with Crippen molar-refractivity contribution in [2.75, 3.05) is 25.5 Å². The molecular weight excluding hydrogens is 279 g/mol. The molecule has 2 amide bonds. The van der Waals surface area contributed by atoms with Gasteiger partial charge in [-0.3, -0.25) is 0 Å². The predicted molar refractivity (Wildman–Crippen MR) is 74.0 cm³/mol. The smallest absolute Gasteiger partial charge is 0.337 e. The molecule has 1 saturated heterocycles. The van der Waals surface area contributed by atoms with Gasteiger partial charge in [0.15, 0.2) is 0 Å². The van der Waals surface area contributed by atoms with Gasteiger partial charge in [0.25, 0.3) is 0 Å². The average molecular weight is 296 g/mol. The summed E-state index contributed by atoms with van der Waals surface area (Å²) < 4.78 is 18.5. The molecule has 114 valence electrons. The summed E-state index contributed by atoms with van der Waals surface area (Å²) in [4.78, 5) is 24.8. The van der Waals surface area contributed by atoms with Crippen molar-refractivity contribution in [2.24, 2.45) is 0 Å². The summed E-state index contributed by atoms with van der Waals surface area (Å²) in [5.74, 6) is -1.83. The molecule has 1 aliphatic rings. The zero-order valence-corrected chi connectivity index (χ0v) is 11.6. The number of carbonyl (C=O) groups excluding carboxylic acids is 1. The number of rotatable bonds is 3. The standard InChI is InChI=1S/C14H17FN2O4/c1-21-10-3-2-6-17(8-10)14(20)16-12-7-9(15)4-5-11(12)13(18)19/h4-5,7,10H,2-3,6,8H2,1H3,(H,16,20)(H,18,19). The number of hydrogen-bond donors (Lipinski definition) is 2. The third-order valence-corrected chi connectivity index (χ3v) is 3.45. The fraction of sp³-hybridized carbons (Fsp3) is 0.429. The monoisotopic (exact) mass is 296 g/mol. The Kier molecular flexibility index (Phi) is 4.74. The summed E-state index contributed by atoms with van der Waals surface area (Å²) in [6.07, 6.45) is 1.65. The fourth-order valence-corrected chi connectivity index (χ4v) is 2.32. The fourth-order valence-electron chi connectivity index (χ4n) is 2.32. The maximum Gasteiger partial charge on any atom is 0.337 e. The maximum atomic E-state index is 13.2. The molecule has 1 aromatic carbocycles. The van der Waals surface area contributed by atoms with Crippen molar-refractivity contribution < 1.29 is 23.8 Å². The summed E-state index contributed by atoms with van der Waals surface area (Å²) in [5.41, 5.74) is -0.197. The number of likely N-dealkylation sites (tertiary alicyclic amines) is 1. The number of methoxy groups -OCH3 is 1. The van der Waals surface area contributed by atoms with Gasteiger partial charge in [0.1, 0.15) is 5.82 Å². The van der Waals surface area contributed by atoms with Crippen LogP contribution in [0.2, 0.25) is 0 Å². The number of ether oxygens (including phenoxy) is 1. The molecule has 1 aromatic rings. The largest absolute Gasteiger partial charge is 0.478 e. The van der Waals surface area contributed by atoms with Crippen LogP contribution in [0.1, 0.15) is 23.2 Å². The Morgan fingerprint density at radius 1 is 1.48 bits per heavy atom. The first-order chi connectivity index (χ1) is 10.0. The minimum absolute atomic E-state index is 0.0315. The minimum Gasteiger partial charge on any atom is -0.478 e. The number of benzene rings is 1. The van der Waals surface area contributed by atoms with Crippen LogP contribution in [0.3, 0.4) is 0 Å². The molecule has 2 N–H and O–H groups in total. The highest BCUT2D eigenvalue weighted by molar-refractivity contribution is 6.00. The number of nitrogens with zero attached hydrogens (tertiary/aromatic N) is 1. The van der Waals surface area contributed by atoms with Crippen molar-refractivity contribution in [3.8, 4) is 0 Å². The van der Waals surface area contributed by atoms with Gasteiger partial charge in [-0.1, -0.05) is 0 Å². The van der Waals surface area contributed by atoms with Crippen LogP contribution in [0.4, 0.5) is 14.9 Å². The van der Waals surface area contributed by atoms with Gasteiger partial charge in [-0.15, -0.1) is 0 Å². The van der Waals surface area contributed by atoms with E-state index in [1.807, 2.05) is 0 Å². The number of halogens is 1. The molecule has 1 atom stereocenters. The lowest BCUT2D eigenvalue weighted by atomic mass is 10.1. The second-order valence-electron chi connectivity index (χ2n) is 4.87. The number of nitrogens with one attached hydrogen (secondary N) is 1. The Bertz CT molecular complexity index is 550. The highest BCUT2D eigenvalue weighted by Crippen LogP contribution is 2.19. The summed E-state index contributed by atoms with van der Waals surface area (Å²) in [5, 5.41) is 11.5. The van der Waals surface area contributed by atoms with Crippen LogP contribution in [0.25, 0.3) is 0 Å². The van der Waals surface area contributed by atoms with Gasteiger partial charge in [-0.25, -0.2) is 14.0 Å². The van der Waals surface area contributed by atoms with Crippen LogP contribution in [-0.2, 0) is 4.74 Å². The number of piperidine rings is 1. The number of carboxylic acids is 1. The van der Waals surface area contributed by atoms with Crippen molar-refractivity contribution in [3.63, 3.8) is 0 Å². The molecule has 0 bridgehead atoms. The lowest BCUT2D eigenvalue weighted by Gasteiger charge is -2.32. The summed E-state index contributed by atoms with van der Waals surface area (Å²) in [6, 6.07) is 2.71. The molecule has 1 aliphatic heterocycles. The second kappa shape index (κ2) is 6.53. The minimum atomic E-state index is -1.22. The number of amides is 2. The Morgan fingerprint density at radius 2 is 2.24 bits per heavy atom. The van der Waals surface area contributed by atoms with Crippen LogP contribution >= 0.6 is 0 Å². The van der Waals surface area contributed by atoms with Crippen LogP contribution < -0.4 is 5.32 Å². The second-order valence-corrected chi connectivity index (χ2v) is 4.87. The molecule has 7 heteroatoms. The number of urea groups is 1.